The largest absolute Gasteiger partial charge is 0.463 e. The quantitative estimate of drug-likeness (QED) is 0.305. The minimum absolute atomic E-state index is 0.183. The van der Waals surface area contributed by atoms with Crippen LogP contribution in [0.15, 0.2) is 76.2 Å². The van der Waals surface area contributed by atoms with Gasteiger partial charge in [-0.25, -0.2) is 9.18 Å². The number of aromatic nitrogens is 1. The van der Waals surface area contributed by atoms with Crippen molar-refractivity contribution in [3.05, 3.63) is 89.8 Å². The number of thioether (sulfide) groups is 1. The summed E-state index contributed by atoms with van der Waals surface area (Å²) in [4.78, 5) is 24.9. The van der Waals surface area contributed by atoms with E-state index in [4.69, 9.17) is 4.42 Å². The topological polar surface area (TPSA) is 73.5 Å². The highest BCUT2D eigenvalue weighted by molar-refractivity contribution is 7.98. The maximum atomic E-state index is 13.0. The van der Waals surface area contributed by atoms with Crippen molar-refractivity contribution in [1.29, 1.82) is 0 Å². The average molecular weight is 453 g/mol. The van der Waals surface area contributed by atoms with Gasteiger partial charge in [0.15, 0.2) is 0 Å². The van der Waals surface area contributed by atoms with Gasteiger partial charge in [0, 0.05) is 40.6 Å². The molecule has 1 amide bonds. The summed E-state index contributed by atoms with van der Waals surface area (Å²) < 4.78 is 25.3. The first-order valence-corrected chi connectivity index (χ1v) is 10.9. The fourth-order valence-corrected chi connectivity index (χ4v) is 4.30. The van der Waals surface area contributed by atoms with Crippen LogP contribution < -0.4 is 5.32 Å². The number of benzene rings is 2. The first-order valence-electron chi connectivity index (χ1n) is 9.96. The molecule has 2 aromatic heterocycles. The summed E-state index contributed by atoms with van der Waals surface area (Å²) in [7, 11) is 1.32. The van der Waals surface area contributed by atoms with Gasteiger partial charge in [-0.3, -0.25) is 4.79 Å². The molecule has 0 aliphatic carbocycles. The second kappa shape index (κ2) is 9.74. The molecule has 4 rings (SSSR count). The van der Waals surface area contributed by atoms with E-state index in [1.54, 1.807) is 23.9 Å². The van der Waals surface area contributed by atoms with Crippen LogP contribution in [-0.4, -0.2) is 30.1 Å². The molecule has 32 heavy (non-hydrogen) atoms. The van der Waals surface area contributed by atoms with E-state index in [9.17, 15) is 14.0 Å². The number of ether oxygens (including phenoxy) is 1. The summed E-state index contributed by atoms with van der Waals surface area (Å²) in [5.41, 5.74) is 1.48. The number of halogens is 1. The van der Waals surface area contributed by atoms with Gasteiger partial charge in [0.2, 0.25) is 5.76 Å². The zero-order chi connectivity index (χ0) is 22.5. The molecule has 8 heteroatoms. The van der Waals surface area contributed by atoms with Crippen LogP contribution in [0.3, 0.4) is 0 Å². The zero-order valence-corrected chi connectivity index (χ0v) is 18.2. The maximum absolute atomic E-state index is 13.0. The molecular weight excluding hydrogens is 431 g/mol. The Labute approximate surface area is 188 Å². The van der Waals surface area contributed by atoms with Crippen molar-refractivity contribution < 1.29 is 23.1 Å². The number of nitrogens with zero attached hydrogens (tertiary/aromatic N) is 1. The summed E-state index contributed by atoms with van der Waals surface area (Å²) >= 11 is 1.60. The minimum Gasteiger partial charge on any atom is -0.463 e. The van der Waals surface area contributed by atoms with Crippen molar-refractivity contribution in [1.82, 2.24) is 9.88 Å². The van der Waals surface area contributed by atoms with E-state index < -0.39 is 5.97 Å². The standard InChI is InChI=1S/C24H21FN2O4S/c1-30-24(29)21-11-10-18(31-21)15-32-22-14-27(20-5-3-2-4-19(20)22)13-12-26-23(28)16-6-8-17(25)9-7-16/h2-11,14H,12-13,15H2,1H3,(H,26,28). The van der Waals surface area contributed by atoms with Gasteiger partial charge in [-0.2, -0.15) is 0 Å². The maximum Gasteiger partial charge on any atom is 0.373 e. The molecule has 164 valence electrons. The number of fused-ring (bicyclic) bond motifs is 1. The number of carbonyl (C=O) groups excluding carboxylic acids is 2. The van der Waals surface area contributed by atoms with Gasteiger partial charge >= 0.3 is 5.97 Å². The molecule has 1 N–H and O–H groups in total. The number of rotatable bonds is 8. The number of esters is 1. The lowest BCUT2D eigenvalue weighted by Crippen LogP contribution is -2.27. The van der Waals surface area contributed by atoms with Gasteiger partial charge in [0.05, 0.1) is 12.9 Å². The van der Waals surface area contributed by atoms with Crippen LogP contribution >= 0.6 is 11.8 Å². The van der Waals surface area contributed by atoms with Crippen molar-refractivity contribution >= 4 is 34.5 Å². The second-order valence-corrected chi connectivity index (χ2v) is 8.03. The van der Waals surface area contributed by atoms with Crippen molar-refractivity contribution in [3.8, 4) is 0 Å². The predicted octanol–water partition coefficient (Wildman–Crippen LogP) is 4.88. The van der Waals surface area contributed by atoms with E-state index in [1.165, 1.54) is 31.4 Å². The van der Waals surface area contributed by atoms with Gasteiger partial charge in [-0.05, 0) is 42.5 Å². The summed E-state index contributed by atoms with van der Waals surface area (Å²) in [6.45, 7) is 1.01. The number of carbonyl (C=O) groups is 2. The van der Waals surface area contributed by atoms with Crippen molar-refractivity contribution in [2.45, 2.75) is 17.2 Å². The molecule has 0 saturated heterocycles. The van der Waals surface area contributed by atoms with E-state index >= 15 is 0 Å². The number of nitrogens with one attached hydrogen (secondary N) is 1. The lowest BCUT2D eigenvalue weighted by molar-refractivity contribution is 0.0563. The van der Waals surface area contributed by atoms with Crippen molar-refractivity contribution in [3.63, 3.8) is 0 Å². The molecule has 0 aliphatic heterocycles. The lowest BCUT2D eigenvalue weighted by Gasteiger charge is -2.07. The number of amides is 1. The highest BCUT2D eigenvalue weighted by Gasteiger charge is 2.13. The van der Waals surface area contributed by atoms with E-state index in [2.05, 4.69) is 14.6 Å². The van der Waals surface area contributed by atoms with Crippen molar-refractivity contribution in [2.24, 2.45) is 0 Å². The minimum atomic E-state index is -0.500. The normalized spacial score (nSPS) is 10.9. The number of hydrogen-bond donors (Lipinski definition) is 1. The molecule has 4 aromatic rings. The third kappa shape index (κ3) is 4.86. The van der Waals surface area contributed by atoms with Crippen molar-refractivity contribution in [2.75, 3.05) is 13.7 Å². The number of para-hydroxylation sites is 1. The Kier molecular flexibility index (Phi) is 6.61. The Bertz CT molecular complexity index is 1250. The molecule has 0 radical (unpaired) electrons. The molecule has 6 nitrogen and oxygen atoms in total. The van der Waals surface area contributed by atoms with Crippen LogP contribution in [-0.2, 0) is 17.0 Å². The van der Waals surface area contributed by atoms with E-state index in [0.717, 1.165) is 15.8 Å². The molecule has 0 saturated carbocycles. The van der Waals surface area contributed by atoms with Crippen LogP contribution in [0.2, 0.25) is 0 Å². The molecular formula is C24H21FN2O4S. The summed E-state index contributed by atoms with van der Waals surface area (Å²) in [6.07, 6.45) is 2.05. The molecule has 0 aliphatic rings. The van der Waals surface area contributed by atoms with Gasteiger partial charge in [-0.1, -0.05) is 18.2 Å². The van der Waals surface area contributed by atoms with Crippen LogP contribution in [0.1, 0.15) is 26.7 Å². The Morgan fingerprint density at radius 3 is 2.66 bits per heavy atom. The SMILES string of the molecule is COC(=O)c1ccc(CSc2cn(CCNC(=O)c3ccc(F)cc3)c3ccccc23)o1. The highest BCUT2D eigenvalue weighted by atomic mass is 32.2. The summed E-state index contributed by atoms with van der Waals surface area (Å²) in [6, 6.07) is 16.9. The number of furan rings is 1. The Hall–Kier alpha value is -3.52. The molecule has 0 unspecified atom stereocenters. The average Bonchev–Trinajstić information content (AvgIpc) is 3.43. The van der Waals surface area contributed by atoms with Crippen LogP contribution in [0.5, 0.6) is 0 Å². The fraction of sp³-hybridized carbons (Fsp3) is 0.167. The van der Waals surface area contributed by atoms with E-state index in [0.29, 0.717) is 30.2 Å². The van der Waals surface area contributed by atoms with Crippen LogP contribution in [0.4, 0.5) is 4.39 Å². The Morgan fingerprint density at radius 2 is 1.88 bits per heavy atom. The zero-order valence-electron chi connectivity index (χ0n) is 17.3. The summed E-state index contributed by atoms with van der Waals surface area (Å²) in [5.74, 6) is 0.310. The monoisotopic (exact) mass is 452 g/mol. The summed E-state index contributed by atoms with van der Waals surface area (Å²) in [5, 5.41) is 3.97. The molecule has 0 fully saturated rings. The number of methoxy groups -OCH3 is 1. The molecule has 0 atom stereocenters. The third-order valence-corrected chi connectivity index (χ3v) is 5.98. The van der Waals surface area contributed by atoms with Crippen LogP contribution in [0.25, 0.3) is 10.9 Å². The van der Waals surface area contributed by atoms with Gasteiger partial charge < -0.3 is 19.0 Å². The smallest absolute Gasteiger partial charge is 0.373 e. The molecule has 2 aromatic carbocycles. The molecule has 2 heterocycles. The van der Waals surface area contributed by atoms with Gasteiger partial charge in [0.25, 0.3) is 5.91 Å². The highest BCUT2D eigenvalue weighted by Crippen LogP contribution is 2.32. The van der Waals surface area contributed by atoms with E-state index in [-0.39, 0.29) is 17.5 Å². The van der Waals surface area contributed by atoms with Gasteiger partial charge in [0.1, 0.15) is 11.6 Å². The molecule has 0 bridgehead atoms. The molecule has 0 spiro atoms. The lowest BCUT2D eigenvalue weighted by atomic mass is 10.2. The van der Waals surface area contributed by atoms with Crippen LogP contribution in [0, 0.1) is 5.82 Å². The predicted molar refractivity (Wildman–Crippen MR) is 120 cm³/mol. The fourth-order valence-electron chi connectivity index (χ4n) is 3.32. The first kappa shape index (κ1) is 21.7. The Morgan fingerprint density at radius 1 is 1.09 bits per heavy atom. The van der Waals surface area contributed by atoms with E-state index in [1.807, 2.05) is 30.5 Å². The number of hydrogen-bond acceptors (Lipinski definition) is 5. The third-order valence-electron chi connectivity index (χ3n) is 4.91. The first-order chi connectivity index (χ1) is 15.5. The Balaban J connectivity index is 1.42. The second-order valence-electron chi connectivity index (χ2n) is 7.01. The van der Waals surface area contributed by atoms with Gasteiger partial charge in [-0.15, -0.1) is 11.8 Å².